The predicted molar refractivity (Wildman–Crippen MR) is 135 cm³/mol. The Morgan fingerprint density at radius 3 is 2.25 bits per heavy atom. The molecule has 0 unspecified atom stereocenters. The molecule has 3 aromatic rings. The van der Waals surface area contributed by atoms with Gasteiger partial charge in [-0.1, -0.05) is 56.4 Å². The van der Waals surface area contributed by atoms with E-state index >= 15 is 0 Å². The Kier molecular flexibility index (Phi) is 6.53. The molecule has 1 saturated heterocycles. The number of hydrogen-bond donors (Lipinski definition) is 1. The molecule has 1 N–H and O–H groups in total. The summed E-state index contributed by atoms with van der Waals surface area (Å²) < 4.78 is 18.3. The van der Waals surface area contributed by atoms with Gasteiger partial charge in [0, 0.05) is 5.56 Å². The SMILES string of the molecule is COC(=O)c1sc(N2C(=O)C(=O)/C(=C(/O)c3ccc(F)cc3)[C@H]2c2ccc(C(C)(C)C)cc2)nc1C. The molecular formula is C27H25FN2O5S. The van der Waals surface area contributed by atoms with E-state index in [2.05, 4.69) is 25.8 Å². The van der Waals surface area contributed by atoms with Crippen LogP contribution in [0.3, 0.4) is 0 Å². The number of aryl methyl sites for hydroxylation is 1. The molecule has 0 bridgehead atoms. The average molecular weight is 509 g/mol. The lowest BCUT2D eigenvalue weighted by Crippen LogP contribution is -2.29. The third-order valence-corrected chi connectivity index (χ3v) is 7.15. The smallest absolute Gasteiger partial charge is 0.350 e. The van der Waals surface area contributed by atoms with Crippen molar-refractivity contribution in [2.45, 2.75) is 39.2 Å². The van der Waals surface area contributed by atoms with E-state index in [-0.39, 0.29) is 26.6 Å². The lowest BCUT2D eigenvalue weighted by molar-refractivity contribution is -0.132. The molecule has 0 aliphatic carbocycles. The summed E-state index contributed by atoms with van der Waals surface area (Å²) in [6.45, 7) is 7.80. The highest BCUT2D eigenvalue weighted by Gasteiger charge is 2.48. The molecule has 7 nitrogen and oxygen atoms in total. The minimum Gasteiger partial charge on any atom is -0.507 e. The van der Waals surface area contributed by atoms with Gasteiger partial charge in [0.1, 0.15) is 16.5 Å². The van der Waals surface area contributed by atoms with E-state index in [9.17, 15) is 23.9 Å². The Morgan fingerprint density at radius 2 is 1.69 bits per heavy atom. The van der Waals surface area contributed by atoms with Crippen molar-refractivity contribution in [3.63, 3.8) is 0 Å². The molecule has 1 fully saturated rings. The summed E-state index contributed by atoms with van der Waals surface area (Å²) in [7, 11) is 1.24. The molecule has 186 valence electrons. The fourth-order valence-electron chi connectivity index (χ4n) is 4.04. The largest absolute Gasteiger partial charge is 0.507 e. The number of carbonyl (C=O) groups excluding carboxylic acids is 3. The second kappa shape index (κ2) is 9.31. The summed E-state index contributed by atoms with van der Waals surface area (Å²) in [5, 5.41) is 11.3. The number of rotatable bonds is 4. The number of aromatic nitrogens is 1. The fourth-order valence-corrected chi connectivity index (χ4v) is 5.05. The van der Waals surface area contributed by atoms with Crippen molar-refractivity contribution in [3.8, 4) is 0 Å². The Bertz CT molecular complexity index is 1390. The van der Waals surface area contributed by atoms with E-state index in [0.29, 0.717) is 11.3 Å². The van der Waals surface area contributed by atoms with Crippen LogP contribution in [0.1, 0.15) is 58.9 Å². The van der Waals surface area contributed by atoms with Gasteiger partial charge in [0.15, 0.2) is 5.13 Å². The van der Waals surface area contributed by atoms with Gasteiger partial charge in [0.2, 0.25) is 0 Å². The highest BCUT2D eigenvalue weighted by atomic mass is 32.1. The number of Topliss-reactive ketones (excluding diaryl/α,β-unsaturated/α-hetero) is 1. The number of ether oxygens (including phenoxy) is 1. The van der Waals surface area contributed by atoms with E-state index in [4.69, 9.17) is 4.74 Å². The highest BCUT2D eigenvalue weighted by Crippen LogP contribution is 2.44. The molecule has 0 saturated carbocycles. The molecule has 36 heavy (non-hydrogen) atoms. The molecule has 1 atom stereocenters. The number of benzene rings is 2. The van der Waals surface area contributed by atoms with Crippen molar-refractivity contribution in [3.05, 3.63) is 87.2 Å². The number of thiazole rings is 1. The van der Waals surface area contributed by atoms with E-state index in [1.54, 1.807) is 19.1 Å². The van der Waals surface area contributed by atoms with Gasteiger partial charge in [-0.05, 0) is 47.7 Å². The van der Waals surface area contributed by atoms with Crippen LogP contribution in [-0.2, 0) is 19.7 Å². The third kappa shape index (κ3) is 4.42. The molecule has 2 aromatic carbocycles. The lowest BCUT2D eigenvalue weighted by atomic mass is 9.85. The van der Waals surface area contributed by atoms with E-state index in [1.165, 1.54) is 24.1 Å². The second-order valence-electron chi connectivity index (χ2n) is 9.45. The van der Waals surface area contributed by atoms with Crippen LogP contribution in [-0.4, -0.2) is 34.9 Å². The number of halogens is 1. The molecule has 1 aromatic heterocycles. The van der Waals surface area contributed by atoms with Crippen LogP contribution in [0.15, 0.2) is 54.1 Å². The van der Waals surface area contributed by atoms with Crippen molar-refractivity contribution in [1.82, 2.24) is 4.98 Å². The number of nitrogens with zero attached hydrogens (tertiary/aromatic N) is 2. The van der Waals surface area contributed by atoms with Gasteiger partial charge in [-0.2, -0.15) is 0 Å². The van der Waals surface area contributed by atoms with E-state index in [1.807, 2.05) is 12.1 Å². The monoisotopic (exact) mass is 508 g/mol. The van der Waals surface area contributed by atoms with Crippen molar-refractivity contribution >= 4 is 39.9 Å². The molecular weight excluding hydrogens is 483 g/mol. The predicted octanol–water partition coefficient (Wildman–Crippen LogP) is 5.30. The summed E-state index contributed by atoms with van der Waals surface area (Å²) in [6, 6.07) is 11.4. The summed E-state index contributed by atoms with van der Waals surface area (Å²) in [4.78, 5) is 44.5. The number of anilines is 1. The molecule has 0 spiro atoms. The number of carbonyl (C=O) groups is 3. The van der Waals surface area contributed by atoms with Crippen LogP contribution in [0.2, 0.25) is 0 Å². The Morgan fingerprint density at radius 1 is 1.08 bits per heavy atom. The molecule has 1 amide bonds. The molecule has 9 heteroatoms. The third-order valence-electron chi connectivity index (χ3n) is 6.02. The average Bonchev–Trinajstić information content (AvgIpc) is 3.35. The number of aliphatic hydroxyl groups excluding tert-OH is 1. The summed E-state index contributed by atoms with van der Waals surface area (Å²) in [6.07, 6.45) is 0. The molecule has 4 rings (SSSR count). The first-order valence-corrected chi connectivity index (χ1v) is 12.0. The van der Waals surface area contributed by atoms with Gasteiger partial charge in [0.05, 0.1) is 24.4 Å². The Labute approximate surface area is 211 Å². The minimum atomic E-state index is -1.01. The van der Waals surface area contributed by atoms with Gasteiger partial charge in [-0.25, -0.2) is 14.2 Å². The maximum Gasteiger partial charge on any atom is 0.350 e. The van der Waals surface area contributed by atoms with Crippen LogP contribution < -0.4 is 4.90 Å². The van der Waals surface area contributed by atoms with Crippen LogP contribution in [0.25, 0.3) is 5.76 Å². The lowest BCUT2D eigenvalue weighted by Gasteiger charge is -2.24. The second-order valence-corrected chi connectivity index (χ2v) is 10.4. The number of amides is 1. The first-order chi connectivity index (χ1) is 16.9. The standard InChI is InChI=1S/C27H25FN2O5S/c1-14-23(25(34)35-5)36-26(29-14)30-20(15-6-10-17(11-7-15)27(2,3)4)19(22(32)24(30)33)21(31)16-8-12-18(28)13-9-16/h6-13,20,31H,1-5H3/b21-19+/t20-/m1/s1. The number of ketones is 1. The van der Waals surface area contributed by atoms with Gasteiger partial charge >= 0.3 is 11.9 Å². The van der Waals surface area contributed by atoms with Crippen molar-refractivity contribution in [2.75, 3.05) is 12.0 Å². The molecule has 2 heterocycles. The number of esters is 1. The zero-order valence-electron chi connectivity index (χ0n) is 20.5. The zero-order valence-corrected chi connectivity index (χ0v) is 21.3. The Balaban J connectivity index is 1.93. The number of hydrogen-bond acceptors (Lipinski definition) is 7. The molecule has 0 radical (unpaired) electrons. The highest BCUT2D eigenvalue weighted by molar-refractivity contribution is 7.17. The zero-order chi connectivity index (χ0) is 26.4. The summed E-state index contributed by atoms with van der Waals surface area (Å²) in [5.41, 5.74) is 1.87. The molecule has 1 aliphatic heterocycles. The van der Waals surface area contributed by atoms with Gasteiger partial charge in [-0.3, -0.25) is 14.5 Å². The van der Waals surface area contributed by atoms with Crippen LogP contribution in [0, 0.1) is 12.7 Å². The molecule has 1 aliphatic rings. The maximum absolute atomic E-state index is 13.5. The normalized spacial score (nSPS) is 17.5. The van der Waals surface area contributed by atoms with Gasteiger partial charge in [0.25, 0.3) is 5.78 Å². The van der Waals surface area contributed by atoms with Crippen molar-refractivity contribution in [1.29, 1.82) is 0 Å². The first-order valence-electron chi connectivity index (χ1n) is 11.2. The van der Waals surface area contributed by atoms with E-state index < -0.39 is 35.3 Å². The fraction of sp³-hybridized carbons (Fsp3) is 0.259. The summed E-state index contributed by atoms with van der Waals surface area (Å²) in [5.74, 6) is -3.34. The maximum atomic E-state index is 13.5. The van der Waals surface area contributed by atoms with Gasteiger partial charge < -0.3 is 9.84 Å². The number of methoxy groups -OCH3 is 1. The quantitative estimate of drug-likeness (QED) is 0.222. The van der Waals surface area contributed by atoms with E-state index in [0.717, 1.165) is 29.0 Å². The minimum absolute atomic E-state index is 0.123. The topological polar surface area (TPSA) is 96.8 Å². The van der Waals surface area contributed by atoms with Crippen molar-refractivity contribution in [2.24, 2.45) is 0 Å². The summed E-state index contributed by atoms with van der Waals surface area (Å²) >= 11 is 0.926. The van der Waals surface area contributed by atoms with Crippen LogP contribution >= 0.6 is 11.3 Å². The van der Waals surface area contributed by atoms with Gasteiger partial charge in [-0.15, -0.1) is 0 Å². The Hall–Kier alpha value is -3.85. The van der Waals surface area contributed by atoms with Crippen LogP contribution in [0.4, 0.5) is 9.52 Å². The van der Waals surface area contributed by atoms with Crippen LogP contribution in [0.5, 0.6) is 0 Å². The number of aliphatic hydroxyl groups is 1. The first kappa shape index (κ1) is 25.2. The van der Waals surface area contributed by atoms with Crippen molar-refractivity contribution < 1.29 is 28.6 Å².